The van der Waals surface area contributed by atoms with Gasteiger partial charge in [0.15, 0.2) is 6.61 Å². The first-order chi connectivity index (χ1) is 15.0. The highest BCUT2D eigenvalue weighted by atomic mass is 16.5. The lowest BCUT2D eigenvalue weighted by atomic mass is 10.00. The summed E-state index contributed by atoms with van der Waals surface area (Å²) in [6.07, 6.45) is 0. The molecular formula is C25H24N2O4. The largest absolute Gasteiger partial charge is 0.452 e. The topological polar surface area (TPSA) is 84.5 Å². The molecule has 0 saturated carbocycles. The molecule has 0 atom stereocenters. The van der Waals surface area contributed by atoms with Gasteiger partial charge in [0.25, 0.3) is 5.91 Å². The van der Waals surface area contributed by atoms with Crippen LogP contribution in [0.25, 0.3) is 11.1 Å². The second kappa shape index (κ2) is 10.2. The van der Waals surface area contributed by atoms with Crippen molar-refractivity contribution in [2.45, 2.75) is 13.8 Å². The maximum atomic E-state index is 12.5. The monoisotopic (exact) mass is 416 g/mol. The number of esters is 1. The Labute approximate surface area is 181 Å². The van der Waals surface area contributed by atoms with Gasteiger partial charge < -0.3 is 15.4 Å². The van der Waals surface area contributed by atoms with Gasteiger partial charge in [-0.1, -0.05) is 66.7 Å². The number of aryl methyl sites for hydroxylation is 2. The minimum Gasteiger partial charge on any atom is -0.452 e. The van der Waals surface area contributed by atoms with Crippen molar-refractivity contribution in [3.63, 3.8) is 0 Å². The summed E-state index contributed by atoms with van der Waals surface area (Å²) in [6, 6.07) is 22.2. The molecule has 0 heterocycles. The summed E-state index contributed by atoms with van der Waals surface area (Å²) in [5.74, 6) is -1.51. The summed E-state index contributed by atoms with van der Waals surface area (Å²) in [6.45, 7) is 3.10. The maximum absolute atomic E-state index is 12.5. The molecule has 0 unspecified atom stereocenters. The number of hydrogen-bond acceptors (Lipinski definition) is 4. The van der Waals surface area contributed by atoms with Crippen LogP contribution in [0.3, 0.4) is 0 Å². The van der Waals surface area contributed by atoms with Gasteiger partial charge in [-0.3, -0.25) is 9.59 Å². The van der Waals surface area contributed by atoms with E-state index >= 15 is 0 Å². The van der Waals surface area contributed by atoms with Crippen LogP contribution in [0.4, 0.5) is 5.69 Å². The number of rotatable bonds is 7. The zero-order chi connectivity index (χ0) is 22.2. The second-order valence-corrected chi connectivity index (χ2v) is 7.08. The SMILES string of the molecule is Cc1cccc(C)c1NC(=O)CNC(=O)COC(=O)c1ccccc1-c1ccccc1. The average molecular weight is 416 g/mol. The van der Waals surface area contributed by atoms with Gasteiger partial charge in [0, 0.05) is 5.69 Å². The maximum Gasteiger partial charge on any atom is 0.339 e. The Bertz CT molecular complexity index is 1070. The van der Waals surface area contributed by atoms with E-state index in [-0.39, 0.29) is 12.5 Å². The van der Waals surface area contributed by atoms with Crippen LogP contribution in [0, 0.1) is 13.8 Å². The summed E-state index contributed by atoms with van der Waals surface area (Å²) in [7, 11) is 0. The third kappa shape index (κ3) is 5.79. The third-order valence-electron chi connectivity index (χ3n) is 4.76. The van der Waals surface area contributed by atoms with Crippen LogP contribution in [0.2, 0.25) is 0 Å². The van der Waals surface area contributed by atoms with E-state index in [0.717, 1.165) is 27.9 Å². The van der Waals surface area contributed by atoms with E-state index < -0.39 is 18.5 Å². The molecule has 2 N–H and O–H groups in total. The fourth-order valence-electron chi connectivity index (χ4n) is 3.16. The second-order valence-electron chi connectivity index (χ2n) is 7.08. The lowest BCUT2D eigenvalue weighted by Gasteiger charge is -2.12. The molecule has 3 aromatic carbocycles. The molecule has 0 fully saturated rings. The highest BCUT2D eigenvalue weighted by Gasteiger charge is 2.16. The first kappa shape index (κ1) is 21.8. The molecule has 0 aliphatic carbocycles. The summed E-state index contributed by atoms with van der Waals surface area (Å²) in [5, 5.41) is 5.26. The molecule has 0 aromatic heterocycles. The highest BCUT2D eigenvalue weighted by molar-refractivity contribution is 5.99. The van der Waals surface area contributed by atoms with Crippen LogP contribution in [0.5, 0.6) is 0 Å². The standard InChI is InChI=1S/C25H24N2O4/c1-17-9-8-10-18(2)24(17)27-22(28)15-26-23(29)16-31-25(30)21-14-7-6-13-20(21)19-11-4-3-5-12-19/h3-14H,15-16H2,1-2H3,(H,26,29)(H,27,28). The first-order valence-corrected chi connectivity index (χ1v) is 9.90. The number of ether oxygens (including phenoxy) is 1. The van der Waals surface area contributed by atoms with Gasteiger partial charge in [0.05, 0.1) is 12.1 Å². The van der Waals surface area contributed by atoms with Gasteiger partial charge in [0.1, 0.15) is 0 Å². The summed E-state index contributed by atoms with van der Waals surface area (Å²) in [5.41, 5.74) is 4.57. The Hall–Kier alpha value is -3.93. The van der Waals surface area contributed by atoms with E-state index in [2.05, 4.69) is 10.6 Å². The molecule has 3 rings (SSSR count). The lowest BCUT2D eigenvalue weighted by Crippen LogP contribution is -2.35. The number of carbonyl (C=O) groups is 3. The van der Waals surface area contributed by atoms with E-state index in [1.807, 2.05) is 74.5 Å². The molecule has 158 valence electrons. The van der Waals surface area contributed by atoms with Crippen molar-refractivity contribution in [1.29, 1.82) is 0 Å². The summed E-state index contributed by atoms with van der Waals surface area (Å²) >= 11 is 0. The number of anilines is 1. The third-order valence-corrected chi connectivity index (χ3v) is 4.76. The molecule has 0 bridgehead atoms. The quantitative estimate of drug-likeness (QED) is 0.573. The fourth-order valence-corrected chi connectivity index (χ4v) is 3.16. The Morgan fingerprint density at radius 3 is 2.13 bits per heavy atom. The first-order valence-electron chi connectivity index (χ1n) is 9.90. The molecule has 0 radical (unpaired) electrons. The van der Waals surface area contributed by atoms with Crippen molar-refractivity contribution in [3.05, 3.63) is 89.5 Å². The van der Waals surface area contributed by atoms with Gasteiger partial charge in [-0.05, 0) is 42.2 Å². The van der Waals surface area contributed by atoms with Crippen molar-refractivity contribution in [3.8, 4) is 11.1 Å². The van der Waals surface area contributed by atoms with Gasteiger partial charge in [-0.25, -0.2) is 4.79 Å². The number of carbonyl (C=O) groups excluding carboxylic acids is 3. The van der Waals surface area contributed by atoms with Crippen LogP contribution in [-0.4, -0.2) is 30.9 Å². The van der Waals surface area contributed by atoms with Crippen LogP contribution >= 0.6 is 0 Å². The van der Waals surface area contributed by atoms with Crippen LogP contribution < -0.4 is 10.6 Å². The molecule has 6 heteroatoms. The fraction of sp³-hybridized carbons (Fsp3) is 0.160. The van der Waals surface area contributed by atoms with Crippen LogP contribution in [-0.2, 0) is 14.3 Å². The Kier molecular flexibility index (Phi) is 7.17. The van der Waals surface area contributed by atoms with Gasteiger partial charge >= 0.3 is 5.97 Å². The highest BCUT2D eigenvalue weighted by Crippen LogP contribution is 2.24. The van der Waals surface area contributed by atoms with Crippen molar-refractivity contribution < 1.29 is 19.1 Å². The van der Waals surface area contributed by atoms with E-state index in [0.29, 0.717) is 5.56 Å². The van der Waals surface area contributed by atoms with Crippen molar-refractivity contribution in [1.82, 2.24) is 5.32 Å². The molecular weight excluding hydrogens is 392 g/mol. The lowest BCUT2D eigenvalue weighted by molar-refractivity contribution is -0.126. The summed E-state index contributed by atoms with van der Waals surface area (Å²) in [4.78, 5) is 36.7. The average Bonchev–Trinajstić information content (AvgIpc) is 2.79. The van der Waals surface area contributed by atoms with Gasteiger partial charge in [-0.15, -0.1) is 0 Å². The Morgan fingerprint density at radius 1 is 0.774 bits per heavy atom. The predicted octanol–water partition coefficient (Wildman–Crippen LogP) is 3.88. The van der Waals surface area contributed by atoms with Crippen molar-refractivity contribution in [2.75, 3.05) is 18.5 Å². The predicted molar refractivity (Wildman–Crippen MR) is 120 cm³/mol. The number of para-hydroxylation sites is 1. The molecule has 0 aliphatic rings. The summed E-state index contributed by atoms with van der Waals surface area (Å²) < 4.78 is 5.16. The molecule has 31 heavy (non-hydrogen) atoms. The minimum atomic E-state index is -0.602. The van der Waals surface area contributed by atoms with E-state index in [1.54, 1.807) is 12.1 Å². The van der Waals surface area contributed by atoms with Crippen LogP contribution in [0.15, 0.2) is 72.8 Å². The number of nitrogens with one attached hydrogen (secondary N) is 2. The molecule has 0 saturated heterocycles. The van der Waals surface area contributed by atoms with Crippen molar-refractivity contribution >= 4 is 23.5 Å². The number of amides is 2. The minimum absolute atomic E-state index is 0.217. The molecule has 0 spiro atoms. The van der Waals surface area contributed by atoms with Crippen LogP contribution in [0.1, 0.15) is 21.5 Å². The normalized spacial score (nSPS) is 10.3. The van der Waals surface area contributed by atoms with Crippen molar-refractivity contribution in [2.24, 2.45) is 0 Å². The van der Waals surface area contributed by atoms with E-state index in [1.165, 1.54) is 0 Å². The molecule has 6 nitrogen and oxygen atoms in total. The smallest absolute Gasteiger partial charge is 0.339 e. The van der Waals surface area contributed by atoms with Gasteiger partial charge in [0.2, 0.25) is 5.91 Å². The molecule has 3 aromatic rings. The van der Waals surface area contributed by atoms with E-state index in [9.17, 15) is 14.4 Å². The number of benzene rings is 3. The van der Waals surface area contributed by atoms with E-state index in [4.69, 9.17) is 4.74 Å². The Morgan fingerprint density at radius 2 is 1.42 bits per heavy atom. The molecule has 2 amide bonds. The molecule has 0 aliphatic heterocycles. The zero-order valence-corrected chi connectivity index (χ0v) is 17.5. The zero-order valence-electron chi connectivity index (χ0n) is 17.5. The van der Waals surface area contributed by atoms with Gasteiger partial charge in [-0.2, -0.15) is 0 Å². The number of hydrogen-bond donors (Lipinski definition) is 2. The Balaban J connectivity index is 1.52.